The Kier molecular flexibility index (Phi) is 15.1. The largest absolute Gasteiger partial charge is 0.356 e. The Morgan fingerprint density at radius 2 is 1.88 bits per heavy atom. The lowest BCUT2D eigenvalue weighted by molar-refractivity contribution is -0.121. The van der Waals surface area contributed by atoms with Crippen molar-refractivity contribution in [1.82, 2.24) is 20.9 Å². The van der Waals surface area contributed by atoms with Gasteiger partial charge in [0.25, 0.3) is 0 Å². The zero-order valence-electron chi connectivity index (χ0n) is 17.1. The van der Waals surface area contributed by atoms with Crippen LogP contribution in [0.15, 0.2) is 4.99 Å². The second-order valence-electron chi connectivity index (χ2n) is 7.01. The molecule has 154 valence electrons. The first-order chi connectivity index (χ1) is 12.1. The van der Waals surface area contributed by atoms with Crippen molar-refractivity contribution in [2.75, 3.05) is 33.2 Å². The van der Waals surface area contributed by atoms with E-state index in [1.54, 1.807) is 7.05 Å². The summed E-state index contributed by atoms with van der Waals surface area (Å²) in [6.07, 6.45) is 7.53. The minimum Gasteiger partial charge on any atom is -0.356 e. The molecule has 7 heteroatoms. The van der Waals surface area contributed by atoms with E-state index in [1.807, 2.05) is 0 Å². The van der Waals surface area contributed by atoms with E-state index in [1.165, 1.54) is 19.3 Å². The maximum Gasteiger partial charge on any atom is 0.221 e. The highest BCUT2D eigenvalue weighted by molar-refractivity contribution is 14.0. The zero-order valence-corrected chi connectivity index (χ0v) is 19.5. The fraction of sp³-hybridized carbons (Fsp3) is 0.895. The molecule has 0 saturated heterocycles. The summed E-state index contributed by atoms with van der Waals surface area (Å²) in [5.74, 6) is 0.922. The van der Waals surface area contributed by atoms with Crippen LogP contribution in [0.25, 0.3) is 0 Å². The lowest BCUT2D eigenvalue weighted by Gasteiger charge is -2.21. The minimum atomic E-state index is 0. The van der Waals surface area contributed by atoms with Crippen molar-refractivity contribution in [2.24, 2.45) is 4.99 Å². The maximum atomic E-state index is 11.9. The summed E-state index contributed by atoms with van der Waals surface area (Å²) in [7, 11) is 1.77. The van der Waals surface area contributed by atoms with Crippen molar-refractivity contribution in [3.8, 4) is 0 Å². The van der Waals surface area contributed by atoms with Gasteiger partial charge in [-0.1, -0.05) is 26.7 Å². The van der Waals surface area contributed by atoms with Crippen molar-refractivity contribution in [3.05, 3.63) is 0 Å². The predicted molar refractivity (Wildman–Crippen MR) is 121 cm³/mol. The van der Waals surface area contributed by atoms with Crippen LogP contribution in [0.4, 0.5) is 0 Å². The maximum absolute atomic E-state index is 11.9. The highest BCUT2D eigenvalue weighted by Gasteiger charge is 2.16. The SMILES string of the molecule is CCN(CC)CCCC(C)NC(=NC)NCCC(=O)NC1CCCC1.I. The number of halogens is 1. The molecule has 0 aliphatic heterocycles. The fourth-order valence-corrected chi connectivity index (χ4v) is 3.33. The van der Waals surface area contributed by atoms with Gasteiger partial charge in [0.05, 0.1) is 0 Å². The number of amides is 1. The molecule has 1 amide bonds. The molecule has 3 N–H and O–H groups in total. The Morgan fingerprint density at radius 3 is 2.46 bits per heavy atom. The van der Waals surface area contributed by atoms with Crippen molar-refractivity contribution in [3.63, 3.8) is 0 Å². The summed E-state index contributed by atoms with van der Waals surface area (Å²) in [6.45, 7) is 10.6. The third-order valence-electron chi connectivity index (χ3n) is 4.98. The van der Waals surface area contributed by atoms with Gasteiger partial charge in [0.2, 0.25) is 5.91 Å². The normalized spacial score (nSPS) is 16.3. The zero-order chi connectivity index (χ0) is 18.5. The summed E-state index contributed by atoms with van der Waals surface area (Å²) >= 11 is 0. The fourth-order valence-electron chi connectivity index (χ4n) is 3.33. The summed E-state index contributed by atoms with van der Waals surface area (Å²) in [6, 6.07) is 0.768. The molecule has 1 aliphatic carbocycles. The molecule has 6 nitrogen and oxygen atoms in total. The van der Waals surface area contributed by atoms with Gasteiger partial charge in [-0.05, 0) is 52.2 Å². The molecule has 0 bridgehead atoms. The highest BCUT2D eigenvalue weighted by Crippen LogP contribution is 2.17. The van der Waals surface area contributed by atoms with Crippen LogP contribution in [0.5, 0.6) is 0 Å². The molecule has 0 radical (unpaired) electrons. The summed E-state index contributed by atoms with van der Waals surface area (Å²) < 4.78 is 0. The summed E-state index contributed by atoms with van der Waals surface area (Å²) in [5, 5.41) is 9.77. The van der Waals surface area contributed by atoms with Crippen LogP contribution in [-0.2, 0) is 4.79 Å². The molecule has 1 rings (SSSR count). The van der Waals surface area contributed by atoms with E-state index in [-0.39, 0.29) is 29.9 Å². The van der Waals surface area contributed by atoms with E-state index in [4.69, 9.17) is 0 Å². The first kappa shape index (κ1) is 25.4. The number of nitrogens with one attached hydrogen (secondary N) is 3. The number of hydrogen-bond donors (Lipinski definition) is 3. The Morgan fingerprint density at radius 1 is 1.23 bits per heavy atom. The molecule has 1 saturated carbocycles. The molecule has 0 aromatic rings. The molecule has 1 aliphatic rings. The van der Waals surface area contributed by atoms with Crippen LogP contribution in [0.3, 0.4) is 0 Å². The molecule has 1 unspecified atom stereocenters. The van der Waals surface area contributed by atoms with Crippen LogP contribution in [-0.4, -0.2) is 62.1 Å². The van der Waals surface area contributed by atoms with E-state index in [9.17, 15) is 4.79 Å². The topological polar surface area (TPSA) is 68.8 Å². The molecule has 1 atom stereocenters. The van der Waals surface area contributed by atoms with Crippen LogP contribution in [0, 0.1) is 0 Å². The van der Waals surface area contributed by atoms with Gasteiger partial charge in [0, 0.05) is 32.1 Å². The van der Waals surface area contributed by atoms with Gasteiger partial charge in [-0.25, -0.2) is 0 Å². The minimum absolute atomic E-state index is 0. The van der Waals surface area contributed by atoms with Crippen LogP contribution in [0.1, 0.15) is 65.7 Å². The summed E-state index contributed by atoms with van der Waals surface area (Å²) in [4.78, 5) is 18.6. The van der Waals surface area contributed by atoms with Gasteiger partial charge < -0.3 is 20.9 Å². The van der Waals surface area contributed by atoms with Crippen molar-refractivity contribution >= 4 is 35.8 Å². The lowest BCUT2D eigenvalue weighted by Crippen LogP contribution is -2.44. The van der Waals surface area contributed by atoms with E-state index in [0.29, 0.717) is 25.0 Å². The monoisotopic (exact) mass is 481 g/mol. The van der Waals surface area contributed by atoms with Crippen molar-refractivity contribution < 1.29 is 4.79 Å². The predicted octanol–water partition coefficient (Wildman–Crippen LogP) is 2.73. The van der Waals surface area contributed by atoms with E-state index in [0.717, 1.165) is 44.9 Å². The highest BCUT2D eigenvalue weighted by atomic mass is 127. The molecule has 0 aromatic carbocycles. The van der Waals surface area contributed by atoms with Crippen molar-refractivity contribution in [2.45, 2.75) is 77.8 Å². The Labute approximate surface area is 177 Å². The van der Waals surface area contributed by atoms with Crippen LogP contribution in [0.2, 0.25) is 0 Å². The molecule has 0 heterocycles. The molecule has 26 heavy (non-hydrogen) atoms. The third kappa shape index (κ3) is 11.2. The van der Waals surface area contributed by atoms with E-state index < -0.39 is 0 Å². The average molecular weight is 481 g/mol. The number of guanidine groups is 1. The Hall–Kier alpha value is -0.570. The number of aliphatic imine (C=N–C) groups is 1. The third-order valence-corrected chi connectivity index (χ3v) is 4.98. The van der Waals surface area contributed by atoms with Gasteiger partial charge in [-0.3, -0.25) is 9.79 Å². The molecular formula is C19H40IN5O. The second kappa shape index (κ2) is 15.5. The quantitative estimate of drug-likeness (QED) is 0.241. The van der Waals surface area contributed by atoms with Gasteiger partial charge in [0.15, 0.2) is 5.96 Å². The van der Waals surface area contributed by atoms with Gasteiger partial charge >= 0.3 is 0 Å². The number of carbonyl (C=O) groups excluding carboxylic acids is 1. The van der Waals surface area contributed by atoms with E-state index >= 15 is 0 Å². The second-order valence-corrected chi connectivity index (χ2v) is 7.01. The molecule has 1 fully saturated rings. The number of nitrogens with zero attached hydrogens (tertiary/aromatic N) is 2. The Balaban J connectivity index is 0.00000625. The van der Waals surface area contributed by atoms with Crippen molar-refractivity contribution in [1.29, 1.82) is 0 Å². The molecule has 0 aromatic heterocycles. The Bertz CT molecular complexity index is 395. The van der Waals surface area contributed by atoms with E-state index in [2.05, 4.69) is 46.6 Å². The molecule has 0 spiro atoms. The van der Waals surface area contributed by atoms with Gasteiger partial charge in [-0.15, -0.1) is 24.0 Å². The van der Waals surface area contributed by atoms with Crippen LogP contribution >= 0.6 is 24.0 Å². The number of rotatable bonds is 11. The van der Waals surface area contributed by atoms with Gasteiger partial charge in [-0.2, -0.15) is 0 Å². The average Bonchev–Trinajstić information content (AvgIpc) is 3.10. The van der Waals surface area contributed by atoms with Crippen LogP contribution < -0.4 is 16.0 Å². The first-order valence-corrected chi connectivity index (χ1v) is 10.1. The number of hydrogen-bond acceptors (Lipinski definition) is 3. The summed E-state index contributed by atoms with van der Waals surface area (Å²) in [5.41, 5.74) is 0. The number of carbonyl (C=O) groups is 1. The molecular weight excluding hydrogens is 441 g/mol. The lowest BCUT2D eigenvalue weighted by atomic mass is 10.2. The van der Waals surface area contributed by atoms with Gasteiger partial charge in [0.1, 0.15) is 0 Å². The first-order valence-electron chi connectivity index (χ1n) is 10.1. The standard InChI is InChI=1S/C19H39N5O.HI/c1-5-24(6-2)15-9-10-16(3)22-19(20-4)21-14-13-18(25)23-17-11-7-8-12-17;/h16-17H,5-15H2,1-4H3,(H,23,25)(H2,20,21,22);1H. The smallest absolute Gasteiger partial charge is 0.221 e.